The predicted octanol–water partition coefficient (Wildman–Crippen LogP) is 4.43. The maximum Gasteiger partial charge on any atom is 0.264 e. The molecule has 1 N–H and O–H groups in total. The van der Waals surface area contributed by atoms with Gasteiger partial charge in [0, 0.05) is 6.07 Å². The highest BCUT2D eigenvalue weighted by molar-refractivity contribution is 7.92. The number of para-hydroxylation sites is 1. The van der Waals surface area contributed by atoms with Gasteiger partial charge >= 0.3 is 0 Å². The molecule has 0 saturated heterocycles. The van der Waals surface area contributed by atoms with Gasteiger partial charge in [-0.15, -0.1) is 0 Å². The van der Waals surface area contributed by atoms with Gasteiger partial charge in [-0.05, 0) is 61.4 Å². The fourth-order valence-electron chi connectivity index (χ4n) is 3.44. The Morgan fingerprint density at radius 2 is 1.50 bits per heavy atom. The highest BCUT2D eigenvalue weighted by Gasteiger charge is 2.29. The lowest BCUT2D eigenvalue weighted by Crippen LogP contribution is -2.38. The second-order valence-corrected chi connectivity index (χ2v) is 9.38. The van der Waals surface area contributed by atoms with Crippen LogP contribution < -0.4 is 19.1 Å². The number of carbonyl (C=O) groups excluding carboxylic acids is 1. The Hall–Kier alpha value is -3.66. The lowest BCUT2D eigenvalue weighted by atomic mass is 10.1. The van der Waals surface area contributed by atoms with Crippen molar-refractivity contribution in [2.75, 3.05) is 30.4 Å². The van der Waals surface area contributed by atoms with Gasteiger partial charge in [-0.2, -0.15) is 0 Å². The lowest BCUT2D eigenvalue weighted by molar-refractivity contribution is -0.114. The summed E-state index contributed by atoms with van der Waals surface area (Å²) in [5.41, 5.74) is 1.10. The summed E-state index contributed by atoms with van der Waals surface area (Å²) in [5.74, 6) is -2.37. The molecule has 0 unspecified atom stereocenters. The van der Waals surface area contributed by atoms with Gasteiger partial charge in [0.05, 0.1) is 24.8 Å². The van der Waals surface area contributed by atoms with Crippen molar-refractivity contribution in [1.82, 2.24) is 0 Å². The van der Waals surface area contributed by atoms with Crippen molar-refractivity contribution >= 4 is 27.3 Å². The van der Waals surface area contributed by atoms with Crippen molar-refractivity contribution in [2.24, 2.45) is 0 Å². The Morgan fingerprint density at radius 1 is 0.912 bits per heavy atom. The first-order valence-corrected chi connectivity index (χ1v) is 11.6. The number of aryl methyl sites for hydroxylation is 2. The topological polar surface area (TPSA) is 84.9 Å². The van der Waals surface area contributed by atoms with E-state index in [1.54, 1.807) is 26.0 Å². The van der Waals surface area contributed by atoms with E-state index < -0.39 is 39.8 Å². The summed E-state index contributed by atoms with van der Waals surface area (Å²) in [6.45, 7) is 2.84. The average molecular weight is 491 g/mol. The summed E-state index contributed by atoms with van der Waals surface area (Å²) in [4.78, 5) is 12.6. The molecule has 0 aliphatic carbocycles. The SMILES string of the molecule is COc1ccc(S(=O)(=O)N(CC(=O)Nc2c(F)cccc2F)c2cc(C)cc(C)c2)cc1OC. The van der Waals surface area contributed by atoms with Gasteiger partial charge in [0.25, 0.3) is 10.0 Å². The molecule has 0 heterocycles. The molecule has 0 aliphatic rings. The number of benzene rings is 3. The van der Waals surface area contributed by atoms with E-state index in [4.69, 9.17) is 9.47 Å². The van der Waals surface area contributed by atoms with E-state index in [0.717, 1.165) is 33.6 Å². The van der Waals surface area contributed by atoms with E-state index in [2.05, 4.69) is 5.32 Å². The second-order valence-electron chi connectivity index (χ2n) is 7.52. The summed E-state index contributed by atoms with van der Waals surface area (Å²) in [7, 11) is -1.52. The number of sulfonamides is 1. The van der Waals surface area contributed by atoms with Gasteiger partial charge in [0.15, 0.2) is 11.5 Å². The fraction of sp³-hybridized carbons (Fsp3) is 0.208. The van der Waals surface area contributed by atoms with Crippen LogP contribution in [0.5, 0.6) is 11.5 Å². The van der Waals surface area contributed by atoms with Crippen molar-refractivity contribution in [3.05, 3.63) is 77.4 Å². The van der Waals surface area contributed by atoms with Crippen LogP contribution in [-0.2, 0) is 14.8 Å². The van der Waals surface area contributed by atoms with Gasteiger partial charge in [-0.1, -0.05) is 12.1 Å². The summed E-state index contributed by atoms with van der Waals surface area (Å²) in [6, 6.07) is 12.2. The van der Waals surface area contributed by atoms with Crippen molar-refractivity contribution in [2.45, 2.75) is 18.7 Å². The van der Waals surface area contributed by atoms with Crippen LogP contribution in [-0.4, -0.2) is 35.1 Å². The number of rotatable bonds is 8. The molecule has 3 aromatic rings. The van der Waals surface area contributed by atoms with Crippen molar-refractivity contribution in [3.63, 3.8) is 0 Å². The highest BCUT2D eigenvalue weighted by atomic mass is 32.2. The van der Waals surface area contributed by atoms with Crippen LogP contribution in [0.2, 0.25) is 0 Å². The Labute approximate surface area is 197 Å². The Bertz CT molecular complexity index is 1290. The molecule has 0 atom stereocenters. The molecule has 3 aromatic carbocycles. The molecule has 3 rings (SSSR count). The molecule has 34 heavy (non-hydrogen) atoms. The van der Waals surface area contributed by atoms with Gasteiger partial charge < -0.3 is 14.8 Å². The molecule has 0 radical (unpaired) electrons. The largest absolute Gasteiger partial charge is 0.493 e. The quantitative estimate of drug-likeness (QED) is 0.505. The van der Waals surface area contributed by atoms with Crippen LogP contribution >= 0.6 is 0 Å². The Kier molecular flexibility index (Phi) is 7.41. The maximum atomic E-state index is 14.0. The number of hydrogen-bond donors (Lipinski definition) is 1. The number of halogens is 2. The molecule has 0 bridgehead atoms. The van der Waals surface area contributed by atoms with Crippen LogP contribution in [0.25, 0.3) is 0 Å². The monoisotopic (exact) mass is 490 g/mol. The third kappa shape index (κ3) is 5.28. The maximum absolute atomic E-state index is 14.0. The normalized spacial score (nSPS) is 11.1. The number of anilines is 2. The van der Waals surface area contributed by atoms with Crippen LogP contribution in [0, 0.1) is 25.5 Å². The summed E-state index contributed by atoms with van der Waals surface area (Å²) >= 11 is 0. The number of carbonyl (C=O) groups is 1. The van der Waals surface area contributed by atoms with Crippen molar-refractivity contribution < 1.29 is 31.5 Å². The molecule has 10 heteroatoms. The third-order valence-corrected chi connectivity index (χ3v) is 6.72. The Morgan fingerprint density at radius 3 is 2.06 bits per heavy atom. The number of methoxy groups -OCH3 is 2. The second kappa shape index (κ2) is 10.1. The highest BCUT2D eigenvalue weighted by Crippen LogP contribution is 2.33. The molecule has 7 nitrogen and oxygen atoms in total. The van der Waals surface area contributed by atoms with Gasteiger partial charge in [0.2, 0.25) is 5.91 Å². The van der Waals surface area contributed by atoms with Gasteiger partial charge in [-0.25, -0.2) is 17.2 Å². The van der Waals surface area contributed by atoms with Gasteiger partial charge in [0.1, 0.15) is 23.9 Å². The molecule has 0 fully saturated rings. The standard InChI is InChI=1S/C24H24F2N2O5S/c1-15-10-16(2)12-17(11-15)28(14-23(29)27-24-19(25)6-5-7-20(24)26)34(30,31)18-8-9-21(32-3)22(13-18)33-4/h5-13H,14H2,1-4H3,(H,27,29). The molecule has 0 aromatic heterocycles. The third-order valence-electron chi connectivity index (χ3n) is 4.95. The summed E-state index contributed by atoms with van der Waals surface area (Å²) in [5, 5.41) is 2.13. The van der Waals surface area contributed by atoms with E-state index in [1.165, 1.54) is 32.4 Å². The zero-order chi connectivity index (χ0) is 25.0. The van der Waals surface area contributed by atoms with Crippen molar-refractivity contribution in [3.8, 4) is 11.5 Å². The zero-order valence-electron chi connectivity index (χ0n) is 19.1. The minimum atomic E-state index is -4.30. The molecule has 180 valence electrons. The first-order chi connectivity index (χ1) is 16.1. The minimum Gasteiger partial charge on any atom is -0.493 e. The van der Waals surface area contributed by atoms with E-state index in [-0.39, 0.29) is 16.3 Å². The summed E-state index contributed by atoms with van der Waals surface area (Å²) in [6.07, 6.45) is 0. The molecule has 0 saturated carbocycles. The van der Waals surface area contributed by atoms with E-state index in [0.29, 0.717) is 5.75 Å². The number of amides is 1. The first kappa shape index (κ1) is 25.0. The molecular formula is C24H24F2N2O5S. The predicted molar refractivity (Wildman–Crippen MR) is 125 cm³/mol. The summed E-state index contributed by atoms with van der Waals surface area (Å²) < 4.78 is 66.6. The van der Waals surface area contributed by atoms with E-state index in [9.17, 15) is 22.0 Å². The van der Waals surface area contributed by atoms with Crippen LogP contribution in [0.15, 0.2) is 59.5 Å². The zero-order valence-corrected chi connectivity index (χ0v) is 19.9. The average Bonchev–Trinajstić information content (AvgIpc) is 2.78. The lowest BCUT2D eigenvalue weighted by Gasteiger charge is -2.25. The fourth-order valence-corrected chi connectivity index (χ4v) is 4.86. The minimum absolute atomic E-state index is 0.158. The number of hydrogen-bond acceptors (Lipinski definition) is 5. The van der Waals surface area contributed by atoms with Crippen LogP contribution in [0.3, 0.4) is 0 Å². The van der Waals surface area contributed by atoms with Gasteiger partial charge in [-0.3, -0.25) is 9.10 Å². The van der Waals surface area contributed by atoms with Crippen LogP contribution in [0.1, 0.15) is 11.1 Å². The molecule has 0 spiro atoms. The van der Waals surface area contributed by atoms with Crippen molar-refractivity contribution in [1.29, 1.82) is 0 Å². The Balaban J connectivity index is 2.06. The number of ether oxygens (including phenoxy) is 2. The number of nitrogens with one attached hydrogen (secondary N) is 1. The van der Waals surface area contributed by atoms with E-state index >= 15 is 0 Å². The molecule has 0 aliphatic heterocycles. The smallest absolute Gasteiger partial charge is 0.264 e. The van der Waals surface area contributed by atoms with E-state index in [1.807, 2.05) is 6.07 Å². The molecule has 1 amide bonds. The first-order valence-electron chi connectivity index (χ1n) is 10.1. The molecular weight excluding hydrogens is 466 g/mol. The van der Waals surface area contributed by atoms with Crippen LogP contribution in [0.4, 0.5) is 20.2 Å². The number of nitrogens with zero attached hydrogens (tertiary/aromatic N) is 1.